The summed E-state index contributed by atoms with van der Waals surface area (Å²) >= 11 is 0. The van der Waals surface area contributed by atoms with Crippen LogP contribution >= 0.6 is 0 Å². The van der Waals surface area contributed by atoms with Gasteiger partial charge in [-0.1, -0.05) is 36.7 Å². The van der Waals surface area contributed by atoms with Crippen LogP contribution in [-0.2, 0) is 10.0 Å². The standard InChI is InChI=1S/C12H18N4O2S/c1-9(2)12(8-14-16-13)15-19(17,18)11-6-4-10(3)5-7-11/h4-7,9,12,15H,8H2,1-3H3/t12-/m1/s1. The lowest BCUT2D eigenvalue weighted by atomic mass is 10.1. The molecule has 0 radical (unpaired) electrons. The Morgan fingerprint density at radius 3 is 2.37 bits per heavy atom. The van der Waals surface area contributed by atoms with E-state index in [0.29, 0.717) is 0 Å². The van der Waals surface area contributed by atoms with Crippen molar-refractivity contribution in [2.45, 2.75) is 31.7 Å². The molecule has 0 spiro atoms. The molecule has 0 aromatic heterocycles. The maximum Gasteiger partial charge on any atom is 0.240 e. The van der Waals surface area contributed by atoms with E-state index in [0.717, 1.165) is 5.56 Å². The van der Waals surface area contributed by atoms with E-state index >= 15 is 0 Å². The number of aryl methyl sites for hydroxylation is 1. The normalized spacial score (nSPS) is 13.1. The highest BCUT2D eigenvalue weighted by atomic mass is 32.2. The average molecular weight is 282 g/mol. The first-order valence-electron chi connectivity index (χ1n) is 5.96. The van der Waals surface area contributed by atoms with Crippen LogP contribution in [0.15, 0.2) is 34.3 Å². The molecule has 0 aliphatic heterocycles. The zero-order valence-electron chi connectivity index (χ0n) is 11.2. The number of hydrogen-bond acceptors (Lipinski definition) is 3. The SMILES string of the molecule is Cc1ccc(S(=O)(=O)N[C@H](CN=[N+]=[N-])C(C)C)cc1. The Kier molecular flexibility index (Phi) is 5.35. The van der Waals surface area contributed by atoms with Gasteiger partial charge in [0.25, 0.3) is 0 Å². The number of benzene rings is 1. The van der Waals surface area contributed by atoms with Gasteiger partial charge in [-0.3, -0.25) is 0 Å². The van der Waals surface area contributed by atoms with E-state index in [-0.39, 0.29) is 17.4 Å². The van der Waals surface area contributed by atoms with Crippen LogP contribution in [0.5, 0.6) is 0 Å². The van der Waals surface area contributed by atoms with E-state index in [4.69, 9.17) is 5.53 Å². The van der Waals surface area contributed by atoms with Crippen molar-refractivity contribution < 1.29 is 8.42 Å². The van der Waals surface area contributed by atoms with Crippen LogP contribution in [0, 0.1) is 12.8 Å². The van der Waals surface area contributed by atoms with Crippen molar-refractivity contribution in [3.63, 3.8) is 0 Å². The molecule has 1 rings (SSSR count). The highest BCUT2D eigenvalue weighted by Crippen LogP contribution is 2.13. The molecule has 0 bridgehead atoms. The summed E-state index contributed by atoms with van der Waals surface area (Å²) in [5.74, 6) is 0.0331. The summed E-state index contributed by atoms with van der Waals surface area (Å²) in [5.41, 5.74) is 9.32. The van der Waals surface area contributed by atoms with E-state index in [1.54, 1.807) is 24.3 Å². The van der Waals surface area contributed by atoms with E-state index in [9.17, 15) is 8.42 Å². The van der Waals surface area contributed by atoms with Crippen LogP contribution in [0.25, 0.3) is 10.4 Å². The second-order valence-corrected chi connectivity index (χ2v) is 6.41. The fourth-order valence-electron chi connectivity index (χ4n) is 1.49. The van der Waals surface area contributed by atoms with Gasteiger partial charge in [-0.25, -0.2) is 13.1 Å². The first kappa shape index (κ1) is 15.5. The number of nitrogens with one attached hydrogen (secondary N) is 1. The molecule has 1 aromatic carbocycles. The van der Waals surface area contributed by atoms with Gasteiger partial charge in [0.05, 0.1) is 4.90 Å². The minimum Gasteiger partial charge on any atom is -0.208 e. The molecule has 7 heteroatoms. The summed E-state index contributed by atoms with van der Waals surface area (Å²) in [7, 11) is -3.58. The number of nitrogens with zero attached hydrogens (tertiary/aromatic N) is 3. The molecule has 1 aromatic rings. The number of azide groups is 1. The summed E-state index contributed by atoms with van der Waals surface area (Å²) in [6.07, 6.45) is 0. The van der Waals surface area contributed by atoms with Crippen molar-refractivity contribution in [2.24, 2.45) is 11.0 Å². The quantitative estimate of drug-likeness (QED) is 0.493. The molecule has 0 unspecified atom stereocenters. The van der Waals surface area contributed by atoms with Crippen LogP contribution in [-0.4, -0.2) is 21.0 Å². The monoisotopic (exact) mass is 282 g/mol. The van der Waals surface area contributed by atoms with Crippen LogP contribution in [0.1, 0.15) is 19.4 Å². The molecule has 0 aliphatic carbocycles. The third kappa shape index (κ3) is 4.55. The Morgan fingerprint density at radius 2 is 1.89 bits per heavy atom. The lowest BCUT2D eigenvalue weighted by Crippen LogP contribution is -2.40. The van der Waals surface area contributed by atoms with E-state index < -0.39 is 16.1 Å². The zero-order chi connectivity index (χ0) is 14.5. The van der Waals surface area contributed by atoms with Gasteiger partial charge < -0.3 is 0 Å². The van der Waals surface area contributed by atoms with Gasteiger partial charge in [0.1, 0.15) is 0 Å². The Hall–Kier alpha value is -1.56. The lowest BCUT2D eigenvalue weighted by molar-refractivity contribution is 0.454. The Morgan fingerprint density at radius 1 is 1.32 bits per heavy atom. The molecular weight excluding hydrogens is 264 g/mol. The largest absolute Gasteiger partial charge is 0.240 e. The van der Waals surface area contributed by atoms with Crippen molar-refractivity contribution in [2.75, 3.05) is 6.54 Å². The van der Waals surface area contributed by atoms with Crippen molar-refractivity contribution in [1.29, 1.82) is 0 Å². The van der Waals surface area contributed by atoms with Crippen molar-refractivity contribution in [3.05, 3.63) is 40.3 Å². The second kappa shape index (κ2) is 6.56. The summed E-state index contributed by atoms with van der Waals surface area (Å²) in [6, 6.07) is 6.19. The number of rotatable bonds is 6. The highest BCUT2D eigenvalue weighted by molar-refractivity contribution is 7.89. The van der Waals surface area contributed by atoms with Crippen LogP contribution in [0.3, 0.4) is 0 Å². The topological polar surface area (TPSA) is 94.9 Å². The maximum absolute atomic E-state index is 12.2. The van der Waals surface area contributed by atoms with Crippen molar-refractivity contribution in [3.8, 4) is 0 Å². The third-order valence-corrected chi connectivity index (χ3v) is 4.29. The van der Waals surface area contributed by atoms with Crippen LogP contribution < -0.4 is 4.72 Å². The summed E-state index contributed by atoms with van der Waals surface area (Å²) < 4.78 is 26.9. The average Bonchev–Trinajstić information content (AvgIpc) is 2.34. The molecule has 0 saturated heterocycles. The molecule has 0 aliphatic rings. The summed E-state index contributed by atoms with van der Waals surface area (Å²) in [5, 5.41) is 3.44. The Balaban J connectivity index is 2.93. The van der Waals surface area contributed by atoms with E-state index in [1.807, 2.05) is 20.8 Å². The van der Waals surface area contributed by atoms with Crippen LogP contribution in [0.2, 0.25) is 0 Å². The number of hydrogen-bond donors (Lipinski definition) is 1. The molecule has 1 N–H and O–H groups in total. The van der Waals surface area contributed by atoms with Gasteiger partial charge in [-0.05, 0) is 30.5 Å². The third-order valence-electron chi connectivity index (χ3n) is 2.78. The maximum atomic E-state index is 12.2. The predicted octanol–water partition coefficient (Wildman–Crippen LogP) is 2.61. The zero-order valence-corrected chi connectivity index (χ0v) is 12.1. The Bertz CT molecular complexity index is 560. The molecule has 1 atom stereocenters. The van der Waals surface area contributed by atoms with Crippen molar-refractivity contribution >= 4 is 10.0 Å². The smallest absolute Gasteiger partial charge is 0.208 e. The van der Waals surface area contributed by atoms with Gasteiger partial charge in [-0.2, -0.15) is 0 Å². The predicted molar refractivity (Wildman–Crippen MR) is 74.1 cm³/mol. The molecule has 0 amide bonds. The molecular formula is C12H18N4O2S. The molecule has 104 valence electrons. The summed E-state index contributed by atoms with van der Waals surface area (Å²) in [6.45, 7) is 5.73. The summed E-state index contributed by atoms with van der Waals surface area (Å²) in [4.78, 5) is 2.88. The van der Waals surface area contributed by atoms with Crippen LogP contribution in [0.4, 0.5) is 0 Å². The molecule has 19 heavy (non-hydrogen) atoms. The number of sulfonamides is 1. The fourth-order valence-corrected chi connectivity index (χ4v) is 2.87. The fraction of sp³-hybridized carbons (Fsp3) is 0.500. The lowest BCUT2D eigenvalue weighted by Gasteiger charge is -2.20. The highest BCUT2D eigenvalue weighted by Gasteiger charge is 2.21. The van der Waals surface area contributed by atoms with Gasteiger partial charge in [0.15, 0.2) is 0 Å². The minimum atomic E-state index is -3.58. The van der Waals surface area contributed by atoms with E-state index in [2.05, 4.69) is 14.7 Å². The molecule has 0 saturated carbocycles. The van der Waals surface area contributed by atoms with Gasteiger partial charge >= 0.3 is 0 Å². The molecule has 0 heterocycles. The minimum absolute atomic E-state index is 0.0331. The van der Waals surface area contributed by atoms with Gasteiger partial charge in [0, 0.05) is 17.5 Å². The van der Waals surface area contributed by atoms with E-state index in [1.165, 1.54) is 0 Å². The first-order chi connectivity index (χ1) is 8.86. The van der Waals surface area contributed by atoms with Crippen molar-refractivity contribution in [1.82, 2.24) is 4.72 Å². The Labute approximate surface area is 113 Å². The molecule has 0 fully saturated rings. The first-order valence-corrected chi connectivity index (χ1v) is 7.45. The van der Waals surface area contributed by atoms with Gasteiger partial charge in [0.2, 0.25) is 10.0 Å². The second-order valence-electron chi connectivity index (χ2n) is 4.70. The molecule has 6 nitrogen and oxygen atoms in total. The van der Waals surface area contributed by atoms with Gasteiger partial charge in [-0.15, -0.1) is 0 Å².